The minimum absolute atomic E-state index is 0.0361. The van der Waals surface area contributed by atoms with Crippen LogP contribution in [0.3, 0.4) is 0 Å². The van der Waals surface area contributed by atoms with Crippen molar-refractivity contribution in [3.05, 3.63) is 0 Å². The number of rotatable bonds is 5. The molecule has 4 atom stereocenters. The fraction of sp³-hybridized carbons (Fsp3) is 0.929. The van der Waals surface area contributed by atoms with Gasteiger partial charge in [-0.2, -0.15) is 0 Å². The lowest BCUT2D eigenvalue weighted by atomic mass is 10.0. The zero-order valence-electron chi connectivity index (χ0n) is 11.5. The number of hydrogen-bond donors (Lipinski definition) is 1. The number of ether oxygens (including phenoxy) is 3. The number of fused-ring (bicyclic) bond motifs is 1. The van der Waals surface area contributed by atoms with Crippen LogP contribution in [0.5, 0.6) is 0 Å². The van der Waals surface area contributed by atoms with Crippen molar-refractivity contribution in [2.24, 2.45) is 5.41 Å². The lowest BCUT2D eigenvalue weighted by molar-refractivity contribution is -0.171. The summed E-state index contributed by atoms with van der Waals surface area (Å²) in [6.45, 7) is 3.80. The van der Waals surface area contributed by atoms with E-state index in [2.05, 4.69) is 5.32 Å². The molecular formula is C14H23NO4. The van der Waals surface area contributed by atoms with Gasteiger partial charge in [-0.25, -0.2) is 0 Å². The minimum Gasteiger partial charge on any atom is -0.465 e. The maximum Gasteiger partial charge on any atom is 0.323 e. The van der Waals surface area contributed by atoms with Crippen LogP contribution in [0.15, 0.2) is 0 Å². The quantitative estimate of drug-likeness (QED) is 0.760. The van der Waals surface area contributed by atoms with Crippen LogP contribution < -0.4 is 5.32 Å². The third-order valence-electron chi connectivity index (χ3n) is 4.47. The van der Waals surface area contributed by atoms with Crippen molar-refractivity contribution in [2.45, 2.75) is 57.4 Å². The molecule has 0 spiro atoms. The molecule has 2 aliphatic heterocycles. The minimum atomic E-state index is -0.144. The van der Waals surface area contributed by atoms with E-state index in [-0.39, 0.29) is 23.7 Å². The Bertz CT molecular complexity index is 342. The summed E-state index contributed by atoms with van der Waals surface area (Å²) in [5, 5.41) is 3.35. The molecule has 2 heterocycles. The Balaban J connectivity index is 1.46. The fourth-order valence-electron chi connectivity index (χ4n) is 3.23. The average Bonchev–Trinajstić information content (AvgIpc) is 2.99. The van der Waals surface area contributed by atoms with E-state index in [1.807, 2.05) is 6.92 Å². The molecule has 3 fully saturated rings. The number of carbonyl (C=O) groups excluding carboxylic acids is 1. The Labute approximate surface area is 114 Å². The predicted molar refractivity (Wildman–Crippen MR) is 68.6 cm³/mol. The molecule has 1 N–H and O–H groups in total. The van der Waals surface area contributed by atoms with Gasteiger partial charge in [-0.05, 0) is 39.0 Å². The number of carbonyl (C=O) groups is 1. The summed E-state index contributed by atoms with van der Waals surface area (Å²) in [5.41, 5.74) is 0.151. The van der Waals surface area contributed by atoms with Crippen molar-refractivity contribution in [3.63, 3.8) is 0 Å². The fourth-order valence-corrected chi connectivity index (χ4v) is 3.23. The molecular weight excluding hydrogens is 246 g/mol. The van der Waals surface area contributed by atoms with Gasteiger partial charge in [-0.15, -0.1) is 0 Å². The number of piperidine rings is 1. The standard InChI is InChI=1S/C14H23NO4/c1-2-17-13(16)10-7-14(8-11(14)15-10)9-19-12-5-3-4-6-18-12/h10-12,15H,2-9H2,1H3. The second-order valence-corrected chi connectivity index (χ2v) is 5.90. The molecule has 0 aromatic carbocycles. The van der Waals surface area contributed by atoms with Gasteiger partial charge in [-0.3, -0.25) is 4.79 Å². The summed E-state index contributed by atoms with van der Waals surface area (Å²) in [6.07, 6.45) is 5.23. The summed E-state index contributed by atoms with van der Waals surface area (Å²) >= 11 is 0. The summed E-state index contributed by atoms with van der Waals surface area (Å²) < 4.78 is 16.5. The van der Waals surface area contributed by atoms with Gasteiger partial charge in [0.05, 0.1) is 13.2 Å². The van der Waals surface area contributed by atoms with E-state index in [1.165, 1.54) is 6.42 Å². The first-order valence-electron chi connectivity index (χ1n) is 7.39. The van der Waals surface area contributed by atoms with Crippen LogP contribution in [0, 0.1) is 5.41 Å². The van der Waals surface area contributed by atoms with Crippen LogP contribution in [0.1, 0.15) is 39.0 Å². The first kappa shape index (κ1) is 13.3. The summed E-state index contributed by atoms with van der Waals surface area (Å²) in [5.74, 6) is -0.122. The van der Waals surface area contributed by atoms with E-state index in [9.17, 15) is 4.79 Å². The Hall–Kier alpha value is -0.650. The van der Waals surface area contributed by atoms with Crippen LogP contribution in [0.25, 0.3) is 0 Å². The molecule has 0 aromatic rings. The van der Waals surface area contributed by atoms with E-state index in [4.69, 9.17) is 14.2 Å². The van der Waals surface area contributed by atoms with Crippen molar-refractivity contribution in [3.8, 4) is 0 Å². The van der Waals surface area contributed by atoms with Crippen LogP contribution in [-0.4, -0.2) is 44.2 Å². The number of nitrogens with one attached hydrogen (secondary N) is 1. The first-order chi connectivity index (χ1) is 9.23. The normalized spacial score (nSPS) is 40.8. The maximum atomic E-state index is 11.7. The molecule has 0 aromatic heterocycles. The van der Waals surface area contributed by atoms with E-state index in [0.717, 1.165) is 32.3 Å². The smallest absolute Gasteiger partial charge is 0.323 e. The highest BCUT2D eigenvalue weighted by Crippen LogP contribution is 2.55. The highest BCUT2D eigenvalue weighted by atomic mass is 16.7. The predicted octanol–water partition coefficient (Wildman–Crippen LogP) is 1.21. The van der Waals surface area contributed by atoms with Crippen molar-refractivity contribution >= 4 is 5.97 Å². The molecule has 0 radical (unpaired) electrons. The highest BCUT2D eigenvalue weighted by molar-refractivity contribution is 5.77. The van der Waals surface area contributed by atoms with E-state index >= 15 is 0 Å². The van der Waals surface area contributed by atoms with Gasteiger partial charge in [0, 0.05) is 18.1 Å². The van der Waals surface area contributed by atoms with Crippen LogP contribution in [0.2, 0.25) is 0 Å². The summed E-state index contributed by atoms with van der Waals surface area (Å²) in [7, 11) is 0. The number of hydrogen-bond acceptors (Lipinski definition) is 5. The van der Waals surface area contributed by atoms with Crippen molar-refractivity contribution in [1.29, 1.82) is 0 Å². The van der Waals surface area contributed by atoms with Crippen LogP contribution in [-0.2, 0) is 19.0 Å². The molecule has 5 heteroatoms. The zero-order valence-corrected chi connectivity index (χ0v) is 11.5. The molecule has 108 valence electrons. The van der Waals surface area contributed by atoms with Crippen molar-refractivity contribution < 1.29 is 19.0 Å². The molecule has 2 saturated heterocycles. The van der Waals surface area contributed by atoms with Gasteiger partial charge >= 0.3 is 5.97 Å². The Morgan fingerprint density at radius 2 is 2.32 bits per heavy atom. The van der Waals surface area contributed by atoms with Gasteiger partial charge < -0.3 is 19.5 Å². The Morgan fingerprint density at radius 3 is 3.05 bits per heavy atom. The SMILES string of the molecule is CCOC(=O)C1CC2(COC3CCCCO3)CC2N1. The first-order valence-corrected chi connectivity index (χ1v) is 7.39. The summed E-state index contributed by atoms with van der Waals surface area (Å²) in [4.78, 5) is 11.7. The third-order valence-corrected chi connectivity index (χ3v) is 4.47. The molecule has 0 amide bonds. The van der Waals surface area contributed by atoms with Crippen molar-refractivity contribution in [1.82, 2.24) is 5.32 Å². The Kier molecular flexibility index (Phi) is 3.78. The molecule has 1 saturated carbocycles. The third kappa shape index (κ3) is 2.78. The lowest BCUT2D eigenvalue weighted by Crippen LogP contribution is -2.35. The van der Waals surface area contributed by atoms with E-state index in [0.29, 0.717) is 19.3 Å². The summed E-state index contributed by atoms with van der Waals surface area (Å²) in [6, 6.07) is 0.278. The van der Waals surface area contributed by atoms with Gasteiger partial charge in [0.1, 0.15) is 6.04 Å². The Morgan fingerprint density at radius 1 is 1.42 bits per heavy atom. The second kappa shape index (κ2) is 5.38. The van der Waals surface area contributed by atoms with Crippen molar-refractivity contribution in [2.75, 3.05) is 19.8 Å². The van der Waals surface area contributed by atoms with Crippen LogP contribution >= 0.6 is 0 Å². The number of esters is 1. The largest absolute Gasteiger partial charge is 0.465 e. The lowest BCUT2D eigenvalue weighted by Gasteiger charge is -2.24. The molecule has 5 nitrogen and oxygen atoms in total. The highest BCUT2D eigenvalue weighted by Gasteiger charge is 2.62. The molecule has 0 bridgehead atoms. The monoisotopic (exact) mass is 269 g/mol. The molecule has 4 unspecified atom stereocenters. The average molecular weight is 269 g/mol. The molecule has 3 rings (SSSR count). The van der Waals surface area contributed by atoms with E-state index < -0.39 is 0 Å². The van der Waals surface area contributed by atoms with Gasteiger partial charge in [-0.1, -0.05) is 0 Å². The maximum absolute atomic E-state index is 11.7. The van der Waals surface area contributed by atoms with Gasteiger partial charge in [0.15, 0.2) is 6.29 Å². The van der Waals surface area contributed by atoms with Crippen LogP contribution in [0.4, 0.5) is 0 Å². The van der Waals surface area contributed by atoms with Gasteiger partial charge in [0.2, 0.25) is 0 Å². The van der Waals surface area contributed by atoms with E-state index in [1.54, 1.807) is 0 Å². The molecule has 3 aliphatic rings. The zero-order chi connectivity index (χ0) is 13.3. The molecule has 19 heavy (non-hydrogen) atoms. The molecule has 1 aliphatic carbocycles. The second-order valence-electron chi connectivity index (χ2n) is 5.90. The topological polar surface area (TPSA) is 56.8 Å². The van der Waals surface area contributed by atoms with Gasteiger partial charge in [0.25, 0.3) is 0 Å².